The van der Waals surface area contributed by atoms with Crippen LogP contribution in [0.3, 0.4) is 0 Å². The Morgan fingerprint density at radius 1 is 1.17 bits per heavy atom. The zero-order valence-corrected chi connectivity index (χ0v) is 16.9. The van der Waals surface area contributed by atoms with Gasteiger partial charge >= 0.3 is 0 Å². The predicted molar refractivity (Wildman–Crippen MR) is 113 cm³/mol. The Bertz CT molecular complexity index is 1030. The molecule has 6 nitrogen and oxygen atoms in total. The van der Waals surface area contributed by atoms with E-state index >= 15 is 0 Å². The SMILES string of the molecule is COc1cc(C)ccc1CN1CCCC[C@H]1c1cc(=O)[nH]c(-c2ccncc2)n1. The average molecular weight is 390 g/mol. The predicted octanol–water partition coefficient (Wildman–Crippen LogP) is 3.88. The number of aryl methyl sites for hydroxylation is 1. The van der Waals surface area contributed by atoms with E-state index < -0.39 is 0 Å². The first-order valence-electron chi connectivity index (χ1n) is 10.0. The molecule has 1 N–H and O–H groups in total. The number of benzene rings is 1. The van der Waals surface area contributed by atoms with Crippen molar-refractivity contribution in [3.05, 3.63) is 76.0 Å². The van der Waals surface area contributed by atoms with Crippen molar-refractivity contribution in [1.29, 1.82) is 0 Å². The second-order valence-electron chi connectivity index (χ2n) is 7.55. The van der Waals surface area contributed by atoms with Crippen LogP contribution in [0.15, 0.2) is 53.6 Å². The Kier molecular flexibility index (Phi) is 5.71. The number of nitrogens with one attached hydrogen (secondary N) is 1. The fourth-order valence-electron chi connectivity index (χ4n) is 4.01. The number of ether oxygens (including phenoxy) is 1. The van der Waals surface area contributed by atoms with Crippen LogP contribution in [0.2, 0.25) is 0 Å². The van der Waals surface area contributed by atoms with Gasteiger partial charge in [-0.25, -0.2) is 4.98 Å². The van der Waals surface area contributed by atoms with E-state index in [1.807, 2.05) is 12.1 Å². The van der Waals surface area contributed by atoms with Gasteiger partial charge in [0.1, 0.15) is 11.6 Å². The highest BCUT2D eigenvalue weighted by molar-refractivity contribution is 5.53. The van der Waals surface area contributed by atoms with Crippen LogP contribution in [0.4, 0.5) is 0 Å². The minimum atomic E-state index is -0.125. The van der Waals surface area contributed by atoms with Crippen molar-refractivity contribution >= 4 is 0 Å². The summed E-state index contributed by atoms with van der Waals surface area (Å²) in [6.07, 6.45) is 6.67. The highest BCUT2D eigenvalue weighted by Gasteiger charge is 2.26. The molecule has 0 radical (unpaired) electrons. The minimum absolute atomic E-state index is 0.109. The van der Waals surface area contributed by atoms with E-state index in [0.29, 0.717) is 5.82 Å². The van der Waals surface area contributed by atoms with Crippen LogP contribution in [0.25, 0.3) is 11.4 Å². The number of pyridine rings is 1. The van der Waals surface area contributed by atoms with Crippen molar-refractivity contribution in [2.45, 2.75) is 38.8 Å². The Morgan fingerprint density at radius 2 is 2.00 bits per heavy atom. The zero-order valence-electron chi connectivity index (χ0n) is 16.9. The van der Waals surface area contributed by atoms with E-state index in [4.69, 9.17) is 9.72 Å². The molecular weight excluding hydrogens is 364 g/mol. The highest BCUT2D eigenvalue weighted by Crippen LogP contribution is 2.33. The maximum atomic E-state index is 12.4. The van der Waals surface area contributed by atoms with E-state index in [1.165, 1.54) is 5.56 Å². The average Bonchev–Trinajstić information content (AvgIpc) is 2.75. The number of aromatic amines is 1. The van der Waals surface area contributed by atoms with Crippen LogP contribution in [0.1, 0.15) is 42.1 Å². The lowest BCUT2D eigenvalue weighted by atomic mass is 9.97. The van der Waals surface area contributed by atoms with Crippen LogP contribution < -0.4 is 10.3 Å². The van der Waals surface area contributed by atoms with Gasteiger partial charge in [-0.05, 0) is 50.1 Å². The first-order chi connectivity index (χ1) is 14.1. The summed E-state index contributed by atoms with van der Waals surface area (Å²) in [6, 6.07) is 11.8. The van der Waals surface area contributed by atoms with Crippen LogP contribution >= 0.6 is 0 Å². The van der Waals surface area contributed by atoms with Crippen LogP contribution in [0.5, 0.6) is 5.75 Å². The van der Waals surface area contributed by atoms with E-state index in [1.54, 1.807) is 25.6 Å². The van der Waals surface area contributed by atoms with E-state index in [2.05, 4.69) is 40.0 Å². The number of aromatic nitrogens is 3. The topological polar surface area (TPSA) is 71.1 Å². The normalized spacial score (nSPS) is 17.2. The molecule has 0 bridgehead atoms. The van der Waals surface area contributed by atoms with E-state index in [0.717, 1.165) is 54.9 Å². The largest absolute Gasteiger partial charge is 0.496 e. The molecule has 0 saturated carbocycles. The molecule has 29 heavy (non-hydrogen) atoms. The summed E-state index contributed by atoms with van der Waals surface area (Å²) in [4.78, 5) is 26.5. The fraction of sp³-hybridized carbons (Fsp3) is 0.348. The summed E-state index contributed by atoms with van der Waals surface area (Å²) in [5, 5.41) is 0. The summed E-state index contributed by atoms with van der Waals surface area (Å²) >= 11 is 0. The maximum Gasteiger partial charge on any atom is 0.251 e. The molecule has 3 aromatic rings. The lowest BCUT2D eigenvalue weighted by Gasteiger charge is -2.35. The van der Waals surface area contributed by atoms with Gasteiger partial charge in [0.25, 0.3) is 5.56 Å². The standard InChI is InChI=1S/C23H26N4O2/c1-16-6-7-18(21(13-16)29-2)15-27-12-4-3-5-20(27)19-14-22(28)26-23(25-19)17-8-10-24-11-9-17/h6-11,13-14,20H,3-5,12,15H2,1-2H3,(H,25,26,28)/t20-/m0/s1. The Morgan fingerprint density at radius 3 is 2.79 bits per heavy atom. The Hall–Kier alpha value is -2.99. The molecule has 2 aromatic heterocycles. The molecule has 1 aromatic carbocycles. The highest BCUT2D eigenvalue weighted by atomic mass is 16.5. The number of rotatable bonds is 5. The molecule has 1 aliphatic rings. The number of likely N-dealkylation sites (tertiary alicyclic amines) is 1. The molecule has 1 saturated heterocycles. The smallest absolute Gasteiger partial charge is 0.251 e. The van der Waals surface area contributed by atoms with Gasteiger partial charge in [0.15, 0.2) is 0 Å². The maximum absolute atomic E-state index is 12.4. The molecule has 3 heterocycles. The van der Waals surface area contributed by atoms with E-state index in [-0.39, 0.29) is 11.6 Å². The van der Waals surface area contributed by atoms with Gasteiger partial charge in [-0.3, -0.25) is 14.7 Å². The molecule has 6 heteroatoms. The third-order valence-electron chi connectivity index (χ3n) is 5.49. The zero-order chi connectivity index (χ0) is 20.2. The molecule has 4 rings (SSSR count). The molecule has 1 fully saturated rings. The second kappa shape index (κ2) is 8.57. The van der Waals surface area contributed by atoms with Crippen molar-refractivity contribution in [3.63, 3.8) is 0 Å². The summed E-state index contributed by atoms with van der Waals surface area (Å²) in [5.74, 6) is 1.50. The monoisotopic (exact) mass is 390 g/mol. The summed E-state index contributed by atoms with van der Waals surface area (Å²) in [5.41, 5.74) is 3.90. The molecule has 0 spiro atoms. The van der Waals surface area contributed by atoms with Crippen molar-refractivity contribution < 1.29 is 4.74 Å². The Labute approximate surface area is 170 Å². The van der Waals surface area contributed by atoms with Crippen molar-refractivity contribution in [1.82, 2.24) is 19.9 Å². The number of H-pyrrole nitrogens is 1. The van der Waals surface area contributed by atoms with Gasteiger partial charge in [0.2, 0.25) is 0 Å². The van der Waals surface area contributed by atoms with Gasteiger partial charge in [0.05, 0.1) is 18.8 Å². The minimum Gasteiger partial charge on any atom is -0.496 e. The van der Waals surface area contributed by atoms with Crippen LogP contribution in [-0.2, 0) is 6.54 Å². The summed E-state index contributed by atoms with van der Waals surface area (Å²) in [7, 11) is 1.71. The van der Waals surface area contributed by atoms with Crippen LogP contribution in [0, 0.1) is 6.92 Å². The number of nitrogens with zero attached hydrogens (tertiary/aromatic N) is 3. The van der Waals surface area contributed by atoms with E-state index in [9.17, 15) is 4.79 Å². The lowest BCUT2D eigenvalue weighted by molar-refractivity contribution is 0.136. The van der Waals surface area contributed by atoms with Crippen molar-refractivity contribution in [2.75, 3.05) is 13.7 Å². The van der Waals surface area contributed by atoms with Gasteiger partial charge in [-0.15, -0.1) is 0 Å². The van der Waals surface area contributed by atoms with Gasteiger partial charge < -0.3 is 9.72 Å². The molecule has 1 atom stereocenters. The summed E-state index contributed by atoms with van der Waals surface area (Å²) < 4.78 is 5.60. The molecular formula is C23H26N4O2. The third kappa shape index (κ3) is 4.38. The van der Waals surface area contributed by atoms with Gasteiger partial charge in [-0.2, -0.15) is 0 Å². The number of methoxy groups -OCH3 is 1. The Balaban J connectivity index is 1.66. The first kappa shape index (κ1) is 19.3. The molecule has 150 valence electrons. The molecule has 0 aliphatic carbocycles. The quantitative estimate of drug-likeness (QED) is 0.716. The summed E-state index contributed by atoms with van der Waals surface area (Å²) in [6.45, 7) is 3.81. The molecule has 1 aliphatic heterocycles. The van der Waals surface area contributed by atoms with Gasteiger partial charge in [-0.1, -0.05) is 18.6 Å². The second-order valence-corrected chi connectivity index (χ2v) is 7.55. The number of piperidine rings is 1. The molecule has 0 unspecified atom stereocenters. The van der Waals surface area contributed by atoms with Gasteiger partial charge in [0, 0.05) is 36.1 Å². The van der Waals surface area contributed by atoms with Crippen LogP contribution in [-0.4, -0.2) is 33.5 Å². The lowest BCUT2D eigenvalue weighted by Crippen LogP contribution is -2.34. The first-order valence-corrected chi connectivity index (χ1v) is 10.0. The number of hydrogen-bond acceptors (Lipinski definition) is 5. The molecule has 0 amide bonds. The van der Waals surface area contributed by atoms with Crippen molar-refractivity contribution in [2.24, 2.45) is 0 Å². The third-order valence-corrected chi connectivity index (χ3v) is 5.49. The fourth-order valence-corrected chi connectivity index (χ4v) is 4.01. The number of hydrogen-bond donors (Lipinski definition) is 1. The van der Waals surface area contributed by atoms with Crippen molar-refractivity contribution in [3.8, 4) is 17.1 Å².